The molecule has 0 radical (unpaired) electrons. The number of carbonyl (C=O) groups is 3. The fourth-order valence-corrected chi connectivity index (χ4v) is 13.9. The van der Waals surface area contributed by atoms with Crippen molar-refractivity contribution >= 4 is 149 Å². The topological polar surface area (TPSA) is 137 Å². The van der Waals surface area contributed by atoms with Crippen molar-refractivity contribution in [2.24, 2.45) is 0 Å². The quantitative estimate of drug-likeness (QED) is 0.0560. The number of nitrogens with zero attached hydrogens (tertiary/aromatic N) is 1. The highest BCUT2D eigenvalue weighted by Gasteiger charge is 2.49. The van der Waals surface area contributed by atoms with Gasteiger partial charge in [0.05, 0.1) is 5.56 Å². The molecule has 0 saturated heterocycles. The van der Waals surface area contributed by atoms with Crippen molar-refractivity contribution in [1.29, 1.82) is 0 Å². The Bertz CT molecular complexity index is 4750. The molecule has 0 saturated carbocycles. The number of benzene rings is 10. The number of aromatic carboxylic acids is 1. The summed E-state index contributed by atoms with van der Waals surface area (Å²) in [7, 11) is -3.67. The first-order valence-electron chi connectivity index (χ1n) is 29.4. The van der Waals surface area contributed by atoms with Crippen molar-refractivity contribution in [3.63, 3.8) is 0 Å². The first-order valence-corrected chi connectivity index (χ1v) is 33.4. The molecule has 2 aliphatic heterocycles. The number of carbonyl (C=O) groups excluding carboxylic acids is 2. The summed E-state index contributed by atoms with van der Waals surface area (Å²) in [5.41, 5.74) is 9.23. The van der Waals surface area contributed by atoms with Crippen molar-refractivity contribution in [3.05, 3.63) is 288 Å². The number of rotatable bonds is 6. The molecule has 502 valence electrons. The van der Waals surface area contributed by atoms with Gasteiger partial charge in [-0.1, -0.05) is 159 Å². The lowest BCUT2D eigenvalue weighted by atomic mass is 9.95. The van der Waals surface area contributed by atoms with Gasteiger partial charge in [0.1, 0.15) is 11.5 Å². The van der Waals surface area contributed by atoms with Crippen LogP contribution >= 0.6 is 66.3 Å². The standard InChI is InChI=1S/C26H17NOS.C13H9BrO2S.C13H7BrOS.C13H10O.C4F6O3.C4H10O.BF3/c28-26-20-9-3-6-12-24(20)29-25-16-19(13-14-21(25)26)27-22-10-4-1-7-17(22)15-18-8-2-5-11-23(18)27;14-9-6-7-11(13(15)16)12(8-9)17-10-4-2-1-3-5-10;14-8-5-6-10-12(7-8)16-11-4-2-1-3-9(11)13(10)15;1-3-7-12-10(5-1)9-11-6-2-4-8-13(11)14-12;5-3(6,7)1(11)13-2(12)4(8,9)10;1-3-5-4-2;2-1(3)4/h1-14,16H,15H2;1-8H,(H,15,16);1-7H;1-8H,9H2;;3-4H2,1-2H3;. The van der Waals surface area contributed by atoms with Crippen LogP contribution in [0.5, 0.6) is 11.5 Å². The van der Waals surface area contributed by atoms with E-state index in [-0.39, 0.29) is 10.9 Å². The number of halogens is 11. The fraction of sp³-hybridized carbons (Fsp3) is 0.110. The van der Waals surface area contributed by atoms with Gasteiger partial charge in [-0.2, -0.15) is 26.3 Å². The first kappa shape index (κ1) is 74.7. The molecule has 98 heavy (non-hydrogen) atoms. The van der Waals surface area contributed by atoms with E-state index in [2.05, 4.69) is 126 Å². The molecule has 10 nitrogen and oxygen atoms in total. The van der Waals surface area contributed by atoms with Gasteiger partial charge in [-0.25, -0.2) is 14.4 Å². The maximum atomic E-state index is 13.0. The van der Waals surface area contributed by atoms with Gasteiger partial charge in [0.2, 0.25) is 0 Å². The van der Waals surface area contributed by atoms with Crippen LogP contribution in [0.25, 0.3) is 40.3 Å². The van der Waals surface area contributed by atoms with Crippen LogP contribution in [0.1, 0.15) is 46.5 Å². The summed E-state index contributed by atoms with van der Waals surface area (Å²) in [6, 6.07) is 76.0. The van der Waals surface area contributed by atoms with Crippen LogP contribution in [-0.2, 0) is 31.9 Å². The van der Waals surface area contributed by atoms with Gasteiger partial charge < -0.3 is 24.2 Å². The number of para-hydroxylation sites is 4. The average molecular weight is 1530 g/mol. The van der Waals surface area contributed by atoms with Crippen molar-refractivity contribution in [1.82, 2.24) is 0 Å². The zero-order valence-corrected chi connectivity index (χ0v) is 57.0. The molecule has 0 unspecified atom stereocenters. The Hall–Kier alpha value is -9.11. The lowest BCUT2D eigenvalue weighted by molar-refractivity contribution is -0.221. The predicted molar refractivity (Wildman–Crippen MR) is 378 cm³/mol. The minimum atomic E-state index is -5.62. The van der Waals surface area contributed by atoms with Crippen LogP contribution in [0.15, 0.2) is 259 Å². The molecule has 10 aromatic carbocycles. The van der Waals surface area contributed by atoms with Gasteiger partial charge in [0.25, 0.3) is 0 Å². The van der Waals surface area contributed by atoms with Gasteiger partial charge in [-0.3, -0.25) is 22.5 Å². The maximum absolute atomic E-state index is 13.0. The molecule has 0 aliphatic carbocycles. The van der Waals surface area contributed by atoms with Crippen molar-refractivity contribution in [2.75, 3.05) is 18.1 Å². The molecule has 0 spiro atoms. The highest BCUT2D eigenvalue weighted by molar-refractivity contribution is 9.10. The van der Waals surface area contributed by atoms with Crippen LogP contribution in [0.3, 0.4) is 0 Å². The fourth-order valence-electron chi connectivity index (χ4n) is 9.67. The number of anilines is 3. The van der Waals surface area contributed by atoms with Crippen molar-refractivity contribution in [2.45, 2.75) is 48.8 Å². The number of carboxylic acids is 1. The zero-order valence-electron chi connectivity index (χ0n) is 51.4. The number of esters is 2. The number of hydrogen-bond donors (Lipinski definition) is 1. The first-order chi connectivity index (χ1) is 46.8. The Labute approximate surface area is 584 Å². The Morgan fingerprint density at radius 1 is 0.510 bits per heavy atom. The van der Waals surface area contributed by atoms with Crippen molar-refractivity contribution in [3.8, 4) is 11.5 Å². The van der Waals surface area contributed by atoms with E-state index >= 15 is 0 Å². The second-order valence-electron chi connectivity index (χ2n) is 20.5. The summed E-state index contributed by atoms with van der Waals surface area (Å²) in [5.74, 6) is -5.32. The van der Waals surface area contributed by atoms with E-state index in [1.807, 2.05) is 147 Å². The minimum Gasteiger partial charge on any atom is -0.478 e. The monoisotopic (exact) mass is 1520 g/mol. The average Bonchev–Trinajstić information content (AvgIpc) is 0.755. The minimum absolute atomic E-state index is 0.111. The summed E-state index contributed by atoms with van der Waals surface area (Å²) in [6.07, 6.45) is -9.33. The number of fused-ring (bicyclic) bond motifs is 8. The molecule has 2 aliphatic rings. The lowest BCUT2D eigenvalue weighted by Crippen LogP contribution is -2.34. The summed E-state index contributed by atoms with van der Waals surface area (Å²) >= 11 is 11.6. The smallest absolute Gasteiger partial charge is 0.478 e. The van der Waals surface area contributed by atoms with E-state index in [1.54, 1.807) is 34.8 Å². The van der Waals surface area contributed by atoms with E-state index < -0.39 is 37.8 Å². The van der Waals surface area contributed by atoms with Crippen LogP contribution < -0.4 is 20.5 Å². The molecule has 2 aromatic heterocycles. The van der Waals surface area contributed by atoms with E-state index in [9.17, 15) is 63.3 Å². The highest BCUT2D eigenvalue weighted by Crippen LogP contribution is 2.45. The SMILES string of the molecule is CCOCC.FB(F)F.O=C(O)c1ccc(Br)cc1Sc1ccccc1.O=C(OC(=O)C(F)(F)F)C(F)(F)F.O=c1c2ccccc2sc2cc(Br)ccc12.O=c1c2ccccc2sc2cc(N3c4ccccc4Cc4ccccc43)ccc12.c1ccc2c(c1)Cc1ccccc1O2. The van der Waals surface area contributed by atoms with Gasteiger partial charge in [-0.05, 0) is 151 Å². The molecule has 0 fully saturated rings. The highest BCUT2D eigenvalue weighted by atomic mass is 79.9. The largest absolute Gasteiger partial charge is 0.762 e. The molecule has 0 amide bonds. The van der Waals surface area contributed by atoms with Gasteiger partial charge in [-0.15, -0.1) is 22.7 Å². The van der Waals surface area contributed by atoms with E-state index in [0.717, 1.165) is 102 Å². The molecule has 14 rings (SSSR count). The Morgan fingerprint density at radius 2 is 0.908 bits per heavy atom. The molecule has 25 heteroatoms. The van der Waals surface area contributed by atoms with E-state index in [0.29, 0.717) is 5.56 Å². The van der Waals surface area contributed by atoms with Crippen LogP contribution in [0.4, 0.5) is 56.4 Å². The Morgan fingerprint density at radius 3 is 1.39 bits per heavy atom. The third-order valence-electron chi connectivity index (χ3n) is 14.0. The van der Waals surface area contributed by atoms with Crippen molar-refractivity contribution < 1.29 is 73.0 Å². The van der Waals surface area contributed by atoms with E-state index in [1.165, 1.54) is 45.4 Å². The van der Waals surface area contributed by atoms with Gasteiger partial charge in [0, 0.05) is 102 Å². The summed E-state index contributed by atoms with van der Waals surface area (Å²) in [4.78, 5) is 59.6. The van der Waals surface area contributed by atoms with Crippen LogP contribution in [0.2, 0.25) is 0 Å². The lowest BCUT2D eigenvalue weighted by Gasteiger charge is -2.33. The maximum Gasteiger partial charge on any atom is 0.762 e. The molecule has 4 heterocycles. The second-order valence-corrected chi connectivity index (χ2v) is 25.6. The molecule has 0 bridgehead atoms. The predicted octanol–water partition coefficient (Wildman–Crippen LogP) is 21.8. The summed E-state index contributed by atoms with van der Waals surface area (Å²) in [6.45, 7) is 5.67. The number of ether oxygens (including phenoxy) is 3. The van der Waals surface area contributed by atoms with Crippen LogP contribution in [-0.4, -0.2) is 56.1 Å². The van der Waals surface area contributed by atoms with E-state index in [4.69, 9.17) is 14.6 Å². The normalized spacial score (nSPS) is 11.5. The Kier molecular flexibility index (Phi) is 26.6. The third kappa shape index (κ3) is 20.3. The number of alkyl halides is 6. The number of hydrogen-bond acceptors (Lipinski definition) is 12. The van der Waals surface area contributed by atoms with Gasteiger partial charge >= 0.3 is 37.8 Å². The summed E-state index contributed by atoms with van der Waals surface area (Å²) < 4.78 is 115. The molecule has 1 N–H and O–H groups in total. The van der Waals surface area contributed by atoms with Gasteiger partial charge in [0.15, 0.2) is 10.9 Å². The second kappa shape index (κ2) is 34.9. The van der Waals surface area contributed by atoms with Crippen LogP contribution in [0, 0.1) is 0 Å². The molecule has 0 atom stereocenters. The zero-order chi connectivity index (χ0) is 70.7. The molecular weight excluding hydrogens is 1470 g/mol. The molecular formula is C73H53BBr2F9NO9S3. The third-order valence-corrected chi connectivity index (χ3v) is 18.3. The number of carboxylic acid groups (broad SMARTS) is 1. The Balaban J connectivity index is 0.000000156. The summed E-state index contributed by atoms with van der Waals surface area (Å²) in [5, 5.41) is 12.3. The molecule has 12 aromatic rings.